The first-order chi connectivity index (χ1) is 12.7. The van der Waals surface area contributed by atoms with Gasteiger partial charge in [-0.15, -0.1) is 0 Å². The molecule has 0 spiro atoms. The molecule has 0 N–H and O–H groups in total. The van der Waals surface area contributed by atoms with E-state index < -0.39 is 11.3 Å². The third-order valence-electron chi connectivity index (χ3n) is 4.27. The van der Waals surface area contributed by atoms with Crippen molar-refractivity contribution in [3.63, 3.8) is 0 Å². The number of hydrogen-bond donors (Lipinski definition) is 0. The molecule has 0 radical (unpaired) electrons. The van der Waals surface area contributed by atoms with Crippen molar-refractivity contribution in [1.29, 1.82) is 0 Å². The lowest BCUT2D eigenvalue weighted by molar-refractivity contribution is 0.415. The van der Waals surface area contributed by atoms with Crippen LogP contribution in [-0.2, 0) is 11.3 Å². The van der Waals surface area contributed by atoms with Gasteiger partial charge in [-0.3, -0.25) is 13.5 Å². The number of aromatic nitrogens is 1. The van der Waals surface area contributed by atoms with Gasteiger partial charge in [-0.1, -0.05) is 0 Å². The van der Waals surface area contributed by atoms with Crippen molar-refractivity contribution in [3.8, 4) is 17.2 Å². The van der Waals surface area contributed by atoms with Crippen LogP contribution < -0.4 is 13.8 Å². The summed E-state index contributed by atoms with van der Waals surface area (Å²) in [5, 5.41) is 0.873. The number of anilines is 1. The molecule has 1 aromatic heterocycles. The SMILES string of the molecule is COc1ccc2c(Oc3ccc(N(C4CC4)S(=O)[O-])cc3)ccnc2c1. The van der Waals surface area contributed by atoms with Gasteiger partial charge in [0.05, 0.1) is 12.6 Å². The molecule has 6 nitrogen and oxygen atoms in total. The molecule has 0 aliphatic heterocycles. The Hall–Kier alpha value is -2.64. The highest BCUT2D eigenvalue weighted by Crippen LogP contribution is 2.35. The molecule has 26 heavy (non-hydrogen) atoms. The second-order valence-corrected chi connectivity index (χ2v) is 6.89. The van der Waals surface area contributed by atoms with Crippen LogP contribution >= 0.6 is 0 Å². The van der Waals surface area contributed by atoms with E-state index in [4.69, 9.17) is 9.47 Å². The number of pyridine rings is 1. The van der Waals surface area contributed by atoms with Gasteiger partial charge in [0.25, 0.3) is 0 Å². The van der Waals surface area contributed by atoms with Crippen LogP contribution in [0.1, 0.15) is 12.8 Å². The van der Waals surface area contributed by atoms with Crippen LogP contribution in [0.4, 0.5) is 5.69 Å². The third kappa shape index (κ3) is 3.36. The van der Waals surface area contributed by atoms with Crippen molar-refractivity contribution in [2.75, 3.05) is 11.4 Å². The first kappa shape index (κ1) is 16.8. The summed E-state index contributed by atoms with van der Waals surface area (Å²) < 4.78 is 35.5. The molecule has 1 aliphatic rings. The Balaban J connectivity index is 1.59. The molecule has 134 valence electrons. The van der Waals surface area contributed by atoms with E-state index in [0.29, 0.717) is 17.2 Å². The first-order valence-corrected chi connectivity index (χ1v) is 9.28. The number of fused-ring (bicyclic) bond motifs is 1. The van der Waals surface area contributed by atoms with Gasteiger partial charge in [0.1, 0.15) is 17.2 Å². The lowest BCUT2D eigenvalue weighted by Gasteiger charge is -2.26. The molecule has 7 heteroatoms. The number of methoxy groups -OCH3 is 1. The summed E-state index contributed by atoms with van der Waals surface area (Å²) in [4.78, 5) is 4.34. The van der Waals surface area contributed by atoms with Crippen molar-refractivity contribution in [1.82, 2.24) is 4.98 Å². The van der Waals surface area contributed by atoms with Crippen LogP contribution in [0.25, 0.3) is 10.9 Å². The molecule has 2 aromatic carbocycles. The number of hydrogen-bond acceptors (Lipinski definition) is 5. The van der Waals surface area contributed by atoms with E-state index in [1.807, 2.05) is 18.2 Å². The summed E-state index contributed by atoms with van der Waals surface area (Å²) in [7, 11) is 1.61. The lowest BCUT2D eigenvalue weighted by atomic mass is 10.2. The van der Waals surface area contributed by atoms with E-state index in [-0.39, 0.29) is 6.04 Å². The van der Waals surface area contributed by atoms with Crippen molar-refractivity contribution in [2.45, 2.75) is 18.9 Å². The van der Waals surface area contributed by atoms with E-state index in [1.165, 1.54) is 4.31 Å². The van der Waals surface area contributed by atoms with Gasteiger partial charge in [-0.25, -0.2) is 0 Å². The normalized spacial score (nSPS) is 14.8. The predicted molar refractivity (Wildman–Crippen MR) is 99.2 cm³/mol. The summed E-state index contributed by atoms with van der Waals surface area (Å²) in [6, 6.07) is 14.6. The average Bonchev–Trinajstić information content (AvgIpc) is 3.47. The highest BCUT2D eigenvalue weighted by Gasteiger charge is 2.30. The molecule has 3 aromatic rings. The zero-order valence-electron chi connectivity index (χ0n) is 14.1. The van der Waals surface area contributed by atoms with Gasteiger partial charge in [-0.2, -0.15) is 0 Å². The van der Waals surface area contributed by atoms with Gasteiger partial charge < -0.3 is 14.0 Å². The van der Waals surface area contributed by atoms with E-state index in [2.05, 4.69) is 4.98 Å². The molecular formula is C19H17N2O4S-. The van der Waals surface area contributed by atoms with Crippen LogP contribution in [-0.4, -0.2) is 26.9 Å². The Labute approximate surface area is 153 Å². The second kappa shape index (κ2) is 6.93. The van der Waals surface area contributed by atoms with Crippen LogP contribution in [0, 0.1) is 0 Å². The Kier molecular flexibility index (Phi) is 4.48. The Morgan fingerprint density at radius 2 is 1.85 bits per heavy atom. The number of ether oxygens (including phenoxy) is 2. The summed E-state index contributed by atoms with van der Waals surface area (Å²) in [6.07, 6.45) is 3.48. The number of benzene rings is 2. The van der Waals surface area contributed by atoms with Gasteiger partial charge in [-0.05, 0) is 55.3 Å². The van der Waals surface area contributed by atoms with Crippen molar-refractivity contribution >= 4 is 27.9 Å². The minimum atomic E-state index is -2.27. The van der Waals surface area contributed by atoms with Gasteiger partial charge >= 0.3 is 0 Å². The number of rotatable bonds is 6. The maximum atomic E-state index is 11.4. The molecular weight excluding hydrogens is 352 g/mol. The van der Waals surface area contributed by atoms with Crippen molar-refractivity contribution in [2.24, 2.45) is 0 Å². The maximum Gasteiger partial charge on any atom is 0.138 e. The molecule has 1 unspecified atom stereocenters. The second-order valence-electron chi connectivity index (χ2n) is 6.06. The molecule has 1 fully saturated rings. The van der Waals surface area contributed by atoms with Crippen LogP contribution in [0.3, 0.4) is 0 Å². The van der Waals surface area contributed by atoms with E-state index >= 15 is 0 Å². The molecule has 0 saturated heterocycles. The fourth-order valence-electron chi connectivity index (χ4n) is 2.83. The fraction of sp³-hybridized carbons (Fsp3) is 0.211. The lowest BCUT2D eigenvalue weighted by Crippen LogP contribution is -2.27. The summed E-state index contributed by atoms with van der Waals surface area (Å²) in [5.74, 6) is 2.04. The monoisotopic (exact) mass is 369 g/mol. The summed E-state index contributed by atoms with van der Waals surface area (Å²) >= 11 is -2.27. The minimum Gasteiger partial charge on any atom is -0.755 e. The van der Waals surface area contributed by atoms with Gasteiger partial charge in [0, 0.05) is 40.6 Å². The summed E-state index contributed by atoms with van der Waals surface area (Å²) in [5.41, 5.74) is 1.43. The Bertz CT molecular complexity index is 957. The standard InChI is InChI=1S/C19H18N2O4S/c1-24-16-8-9-17-18(12-16)20-11-10-19(17)25-15-6-4-14(5-7-15)21(26(22)23)13-2-3-13/h4-13H,2-3H2,1H3,(H,22,23)/p-1. The van der Waals surface area contributed by atoms with E-state index in [1.54, 1.807) is 43.6 Å². The smallest absolute Gasteiger partial charge is 0.138 e. The molecule has 1 saturated carbocycles. The molecule has 4 rings (SSSR count). The number of nitrogens with zero attached hydrogens (tertiary/aromatic N) is 2. The van der Waals surface area contributed by atoms with Gasteiger partial charge in [0.2, 0.25) is 0 Å². The zero-order chi connectivity index (χ0) is 18.1. The van der Waals surface area contributed by atoms with Crippen molar-refractivity contribution in [3.05, 3.63) is 54.7 Å². The van der Waals surface area contributed by atoms with Crippen LogP contribution in [0.5, 0.6) is 17.2 Å². The molecule has 1 atom stereocenters. The van der Waals surface area contributed by atoms with E-state index in [0.717, 1.165) is 29.5 Å². The average molecular weight is 369 g/mol. The van der Waals surface area contributed by atoms with Gasteiger partial charge in [0.15, 0.2) is 0 Å². The topological polar surface area (TPSA) is 74.7 Å². The first-order valence-electron chi connectivity index (χ1n) is 8.25. The summed E-state index contributed by atoms with van der Waals surface area (Å²) in [6.45, 7) is 0. The zero-order valence-corrected chi connectivity index (χ0v) is 14.9. The fourth-order valence-corrected chi connectivity index (χ4v) is 3.58. The Morgan fingerprint density at radius 3 is 2.50 bits per heavy atom. The molecule has 1 aliphatic carbocycles. The minimum absolute atomic E-state index is 0.0826. The molecule has 0 bridgehead atoms. The highest BCUT2D eigenvalue weighted by molar-refractivity contribution is 7.80. The van der Waals surface area contributed by atoms with Crippen LogP contribution in [0.2, 0.25) is 0 Å². The third-order valence-corrected chi connectivity index (χ3v) is 5.10. The molecule has 1 heterocycles. The molecule has 0 amide bonds. The quantitative estimate of drug-likeness (QED) is 0.618. The Morgan fingerprint density at radius 1 is 1.12 bits per heavy atom. The van der Waals surface area contributed by atoms with E-state index in [9.17, 15) is 8.76 Å². The van der Waals surface area contributed by atoms with Crippen molar-refractivity contribution < 1.29 is 18.2 Å². The predicted octanol–water partition coefficient (Wildman–Crippen LogP) is 3.80. The maximum absolute atomic E-state index is 11.4. The highest BCUT2D eigenvalue weighted by atomic mass is 32.2. The van der Waals surface area contributed by atoms with Crippen LogP contribution in [0.15, 0.2) is 54.7 Å². The largest absolute Gasteiger partial charge is 0.755 e.